The van der Waals surface area contributed by atoms with Crippen molar-refractivity contribution in [2.75, 3.05) is 18.1 Å². The molecule has 1 aromatic heterocycles. The SMILES string of the molecule is CCOC(=O)C1CCC(N(CC)c2cc(Cl)cc(C(=O)NCc3c(C)cc(C)[nH]c3=O)c2C)CC1. The Hall–Kier alpha value is -2.80. The van der Waals surface area contributed by atoms with E-state index in [-0.39, 0.29) is 35.9 Å². The molecule has 8 heteroatoms. The molecule has 1 aliphatic carbocycles. The van der Waals surface area contributed by atoms with Crippen LogP contribution in [0.5, 0.6) is 0 Å². The van der Waals surface area contributed by atoms with Gasteiger partial charge < -0.3 is 19.9 Å². The molecule has 1 aromatic carbocycles. The molecule has 0 aliphatic heterocycles. The predicted molar refractivity (Wildman–Crippen MR) is 139 cm³/mol. The lowest BCUT2D eigenvalue weighted by atomic mass is 9.85. The average molecular weight is 502 g/mol. The van der Waals surface area contributed by atoms with Crippen LogP contribution in [0.25, 0.3) is 0 Å². The zero-order valence-electron chi connectivity index (χ0n) is 21.3. The Labute approximate surface area is 212 Å². The van der Waals surface area contributed by atoms with Crippen molar-refractivity contribution < 1.29 is 14.3 Å². The molecule has 35 heavy (non-hydrogen) atoms. The van der Waals surface area contributed by atoms with Crippen molar-refractivity contribution in [3.8, 4) is 0 Å². The number of anilines is 1. The molecule has 0 saturated heterocycles. The third kappa shape index (κ3) is 6.26. The van der Waals surface area contributed by atoms with Crippen LogP contribution in [0.4, 0.5) is 5.69 Å². The Morgan fingerprint density at radius 2 is 1.80 bits per heavy atom. The molecule has 190 valence electrons. The van der Waals surface area contributed by atoms with E-state index in [1.807, 2.05) is 39.8 Å². The van der Waals surface area contributed by atoms with E-state index in [1.165, 1.54) is 0 Å². The fraction of sp³-hybridized carbons (Fsp3) is 0.519. The Balaban J connectivity index is 1.78. The summed E-state index contributed by atoms with van der Waals surface area (Å²) < 4.78 is 5.20. The lowest BCUT2D eigenvalue weighted by molar-refractivity contribution is -0.149. The molecule has 0 spiro atoms. The van der Waals surface area contributed by atoms with Crippen molar-refractivity contribution in [2.24, 2.45) is 5.92 Å². The number of hydrogen-bond acceptors (Lipinski definition) is 5. The molecule has 1 saturated carbocycles. The maximum absolute atomic E-state index is 13.1. The minimum atomic E-state index is -0.271. The van der Waals surface area contributed by atoms with Crippen LogP contribution in [-0.4, -0.2) is 36.1 Å². The van der Waals surface area contributed by atoms with Gasteiger partial charge in [-0.3, -0.25) is 14.4 Å². The number of rotatable bonds is 8. The quantitative estimate of drug-likeness (QED) is 0.505. The lowest BCUT2D eigenvalue weighted by Crippen LogP contribution is -2.40. The van der Waals surface area contributed by atoms with Gasteiger partial charge in [0.25, 0.3) is 11.5 Å². The largest absolute Gasteiger partial charge is 0.466 e. The third-order valence-electron chi connectivity index (χ3n) is 6.92. The minimum absolute atomic E-state index is 0.0416. The van der Waals surface area contributed by atoms with E-state index in [0.29, 0.717) is 22.8 Å². The monoisotopic (exact) mass is 501 g/mol. The first kappa shape index (κ1) is 26.8. The fourth-order valence-corrected chi connectivity index (χ4v) is 5.28. The molecule has 2 N–H and O–H groups in total. The highest BCUT2D eigenvalue weighted by Crippen LogP contribution is 2.35. The maximum atomic E-state index is 13.1. The van der Waals surface area contributed by atoms with Crippen molar-refractivity contribution in [3.05, 3.63) is 61.5 Å². The highest BCUT2D eigenvalue weighted by Gasteiger charge is 2.31. The number of amides is 1. The third-order valence-corrected chi connectivity index (χ3v) is 7.13. The summed E-state index contributed by atoms with van der Waals surface area (Å²) in [6, 6.07) is 5.73. The number of esters is 1. The van der Waals surface area contributed by atoms with Crippen molar-refractivity contribution in [3.63, 3.8) is 0 Å². The standard InChI is InChI=1S/C27H36ClN3O4/c1-6-31(21-10-8-19(9-11-21)27(34)35-7-2)24-14-20(28)13-22(18(24)5)25(32)29-15-23-16(3)12-17(4)30-26(23)33/h12-14,19,21H,6-11,15H2,1-5H3,(H,29,32)(H,30,33). The Kier molecular flexibility index (Phi) is 9.00. The number of nitrogens with zero attached hydrogens (tertiary/aromatic N) is 1. The van der Waals surface area contributed by atoms with Gasteiger partial charge in [-0.15, -0.1) is 0 Å². The lowest BCUT2D eigenvalue weighted by Gasteiger charge is -2.38. The summed E-state index contributed by atoms with van der Waals surface area (Å²) in [4.78, 5) is 42.7. The van der Waals surface area contributed by atoms with E-state index in [0.717, 1.165) is 54.7 Å². The molecule has 3 rings (SSSR count). The second kappa shape index (κ2) is 11.8. The van der Waals surface area contributed by atoms with Crippen LogP contribution in [0, 0.1) is 26.7 Å². The van der Waals surface area contributed by atoms with Gasteiger partial charge in [0, 0.05) is 46.7 Å². The normalized spacial score (nSPS) is 17.7. The van der Waals surface area contributed by atoms with Crippen molar-refractivity contribution in [1.82, 2.24) is 10.3 Å². The van der Waals surface area contributed by atoms with E-state index < -0.39 is 0 Å². The number of H-pyrrole nitrogens is 1. The van der Waals surface area contributed by atoms with Crippen LogP contribution < -0.4 is 15.8 Å². The smallest absolute Gasteiger partial charge is 0.308 e. The van der Waals surface area contributed by atoms with Gasteiger partial charge in [-0.1, -0.05) is 11.6 Å². The number of hydrogen-bond donors (Lipinski definition) is 2. The summed E-state index contributed by atoms with van der Waals surface area (Å²) in [7, 11) is 0. The number of ether oxygens (including phenoxy) is 1. The first-order valence-corrected chi connectivity index (χ1v) is 12.7. The highest BCUT2D eigenvalue weighted by atomic mass is 35.5. The molecule has 0 radical (unpaired) electrons. The van der Waals surface area contributed by atoms with Crippen LogP contribution >= 0.6 is 11.6 Å². The molecular formula is C27H36ClN3O4. The van der Waals surface area contributed by atoms with Crippen LogP contribution in [0.1, 0.15) is 72.3 Å². The molecule has 1 heterocycles. The second-order valence-corrected chi connectivity index (χ2v) is 9.70. The first-order chi connectivity index (χ1) is 16.7. The maximum Gasteiger partial charge on any atom is 0.308 e. The molecule has 7 nitrogen and oxygen atoms in total. The molecule has 0 unspecified atom stereocenters. The summed E-state index contributed by atoms with van der Waals surface area (Å²) in [6.45, 7) is 10.8. The Bertz CT molecular complexity index is 1140. The molecule has 1 aliphatic rings. The summed E-state index contributed by atoms with van der Waals surface area (Å²) in [5.74, 6) is -0.415. The highest BCUT2D eigenvalue weighted by molar-refractivity contribution is 6.31. The van der Waals surface area contributed by atoms with E-state index in [4.69, 9.17) is 16.3 Å². The van der Waals surface area contributed by atoms with Crippen LogP contribution in [0.3, 0.4) is 0 Å². The number of aromatic amines is 1. The van der Waals surface area contributed by atoms with Gasteiger partial charge in [-0.25, -0.2) is 0 Å². The van der Waals surface area contributed by atoms with Crippen LogP contribution in [0.15, 0.2) is 23.0 Å². The van der Waals surface area contributed by atoms with Gasteiger partial charge in [-0.05, 0) is 89.6 Å². The van der Waals surface area contributed by atoms with Gasteiger partial charge >= 0.3 is 5.97 Å². The summed E-state index contributed by atoms with van der Waals surface area (Å²) in [6.07, 6.45) is 3.33. The topological polar surface area (TPSA) is 91.5 Å². The van der Waals surface area contributed by atoms with Gasteiger partial charge in [0.1, 0.15) is 0 Å². The number of aryl methyl sites for hydroxylation is 2. The zero-order chi connectivity index (χ0) is 25.7. The number of carbonyl (C=O) groups excluding carboxylic acids is 2. The number of halogens is 1. The Morgan fingerprint density at radius 1 is 1.11 bits per heavy atom. The van der Waals surface area contributed by atoms with Gasteiger partial charge in [0.15, 0.2) is 0 Å². The molecule has 0 atom stereocenters. The predicted octanol–water partition coefficient (Wildman–Crippen LogP) is 4.83. The van der Waals surface area contributed by atoms with E-state index in [1.54, 1.807) is 6.07 Å². The number of nitrogens with one attached hydrogen (secondary N) is 2. The summed E-state index contributed by atoms with van der Waals surface area (Å²) in [5.41, 5.74) is 4.23. The minimum Gasteiger partial charge on any atom is -0.466 e. The zero-order valence-corrected chi connectivity index (χ0v) is 22.1. The average Bonchev–Trinajstić information content (AvgIpc) is 2.81. The number of carbonyl (C=O) groups is 2. The van der Waals surface area contributed by atoms with Gasteiger partial charge in [-0.2, -0.15) is 0 Å². The van der Waals surface area contributed by atoms with E-state index in [2.05, 4.69) is 22.1 Å². The van der Waals surface area contributed by atoms with Gasteiger partial charge in [0.05, 0.1) is 12.5 Å². The number of pyridine rings is 1. The molecule has 1 amide bonds. The summed E-state index contributed by atoms with van der Waals surface area (Å²) >= 11 is 6.47. The van der Waals surface area contributed by atoms with Crippen LogP contribution in [-0.2, 0) is 16.1 Å². The van der Waals surface area contributed by atoms with E-state index in [9.17, 15) is 14.4 Å². The van der Waals surface area contributed by atoms with Crippen molar-refractivity contribution in [1.29, 1.82) is 0 Å². The number of benzene rings is 1. The van der Waals surface area contributed by atoms with Gasteiger partial charge in [0.2, 0.25) is 0 Å². The molecule has 0 bridgehead atoms. The van der Waals surface area contributed by atoms with Crippen LogP contribution in [0.2, 0.25) is 5.02 Å². The summed E-state index contributed by atoms with van der Waals surface area (Å²) in [5, 5.41) is 3.38. The van der Waals surface area contributed by atoms with E-state index >= 15 is 0 Å². The second-order valence-electron chi connectivity index (χ2n) is 9.27. The van der Waals surface area contributed by atoms with Crippen molar-refractivity contribution >= 4 is 29.2 Å². The Morgan fingerprint density at radius 3 is 2.40 bits per heavy atom. The molecular weight excluding hydrogens is 466 g/mol. The number of aromatic nitrogens is 1. The molecule has 1 fully saturated rings. The first-order valence-electron chi connectivity index (χ1n) is 12.4. The van der Waals surface area contributed by atoms with Crippen molar-refractivity contribution in [2.45, 2.75) is 72.9 Å². The fourth-order valence-electron chi connectivity index (χ4n) is 5.07. The molecule has 2 aromatic rings.